The molecule has 7 heteroatoms. The molecular weight excluding hydrogens is 280 g/mol. The molecule has 0 aliphatic rings. The van der Waals surface area contributed by atoms with Crippen molar-refractivity contribution in [1.82, 2.24) is 4.98 Å². The van der Waals surface area contributed by atoms with E-state index in [-0.39, 0.29) is 16.5 Å². The average Bonchev–Trinajstić information content (AvgIpc) is 2.80. The molecule has 0 aliphatic carbocycles. The second-order valence-corrected chi connectivity index (χ2v) is 5.77. The summed E-state index contributed by atoms with van der Waals surface area (Å²) in [5, 5.41) is 14.8. The zero-order valence-corrected chi connectivity index (χ0v) is 11.0. The van der Waals surface area contributed by atoms with Crippen LogP contribution >= 0.6 is 0 Å². The first-order valence-corrected chi connectivity index (χ1v) is 7.21. The molecule has 0 unspecified atom stereocenters. The number of primary sulfonamides is 1. The molecule has 3 aromatic rings. The second-order valence-electron chi connectivity index (χ2n) is 4.21. The van der Waals surface area contributed by atoms with Gasteiger partial charge in [0.1, 0.15) is 11.3 Å². The number of hydrogen-bond donors (Lipinski definition) is 2. The van der Waals surface area contributed by atoms with Crippen LogP contribution in [-0.4, -0.2) is 18.5 Å². The van der Waals surface area contributed by atoms with Gasteiger partial charge in [-0.3, -0.25) is 0 Å². The number of phenols is 1. The Hall–Kier alpha value is -2.38. The normalized spacial score (nSPS) is 11.8. The minimum Gasteiger partial charge on any atom is -0.507 e. The molecule has 0 atom stereocenters. The molecular formula is C13H10N2O4S. The lowest BCUT2D eigenvalue weighted by atomic mass is 10.2. The molecule has 1 heterocycles. The third-order valence-corrected chi connectivity index (χ3v) is 3.73. The Balaban J connectivity index is 2.19. The highest BCUT2D eigenvalue weighted by molar-refractivity contribution is 7.89. The van der Waals surface area contributed by atoms with Crippen molar-refractivity contribution in [1.29, 1.82) is 0 Å². The Bertz CT molecular complexity index is 900. The van der Waals surface area contributed by atoms with E-state index >= 15 is 0 Å². The Morgan fingerprint density at radius 2 is 1.90 bits per heavy atom. The molecule has 3 N–H and O–H groups in total. The topological polar surface area (TPSA) is 106 Å². The minimum atomic E-state index is -3.79. The first kappa shape index (κ1) is 12.6. The van der Waals surface area contributed by atoms with Crippen molar-refractivity contribution in [3.05, 3.63) is 42.5 Å². The van der Waals surface area contributed by atoms with Gasteiger partial charge in [-0.05, 0) is 30.3 Å². The van der Waals surface area contributed by atoms with Crippen LogP contribution in [0.2, 0.25) is 0 Å². The van der Waals surface area contributed by atoms with Gasteiger partial charge in [-0.15, -0.1) is 0 Å². The molecule has 0 saturated heterocycles. The lowest BCUT2D eigenvalue weighted by Crippen LogP contribution is -2.11. The van der Waals surface area contributed by atoms with E-state index in [9.17, 15) is 13.5 Å². The van der Waals surface area contributed by atoms with Gasteiger partial charge in [0, 0.05) is 0 Å². The number of phenolic OH excluding ortho intramolecular Hbond substituents is 1. The van der Waals surface area contributed by atoms with Gasteiger partial charge in [-0.2, -0.15) is 0 Å². The summed E-state index contributed by atoms with van der Waals surface area (Å²) in [5.74, 6) is 0.246. The molecule has 0 spiro atoms. The highest BCUT2D eigenvalue weighted by Crippen LogP contribution is 2.31. The Morgan fingerprint density at radius 1 is 1.15 bits per heavy atom. The molecule has 0 bridgehead atoms. The standard InChI is InChI=1S/C13H10N2O4S/c14-20(17,18)8-5-6-12-10(7-8)15-13(19-12)9-3-1-2-4-11(9)16/h1-7,16H,(H2,14,17,18). The number of sulfonamides is 1. The van der Waals surface area contributed by atoms with Crippen LogP contribution in [0, 0.1) is 0 Å². The monoisotopic (exact) mass is 290 g/mol. The second kappa shape index (κ2) is 4.32. The van der Waals surface area contributed by atoms with Crippen LogP contribution in [0.4, 0.5) is 0 Å². The van der Waals surface area contributed by atoms with Crippen molar-refractivity contribution >= 4 is 21.1 Å². The van der Waals surface area contributed by atoms with Crippen LogP contribution in [-0.2, 0) is 10.0 Å². The number of hydrogen-bond acceptors (Lipinski definition) is 5. The van der Waals surface area contributed by atoms with E-state index in [4.69, 9.17) is 9.56 Å². The van der Waals surface area contributed by atoms with Gasteiger partial charge >= 0.3 is 0 Å². The van der Waals surface area contributed by atoms with Crippen LogP contribution in [0.3, 0.4) is 0 Å². The number of nitrogens with two attached hydrogens (primary N) is 1. The zero-order chi connectivity index (χ0) is 14.3. The number of para-hydroxylation sites is 1. The van der Waals surface area contributed by atoms with Gasteiger partial charge < -0.3 is 9.52 Å². The largest absolute Gasteiger partial charge is 0.507 e. The van der Waals surface area contributed by atoms with Crippen molar-refractivity contribution < 1.29 is 17.9 Å². The maximum atomic E-state index is 11.3. The summed E-state index contributed by atoms with van der Waals surface area (Å²) in [6, 6.07) is 10.7. The highest BCUT2D eigenvalue weighted by Gasteiger charge is 2.14. The fourth-order valence-electron chi connectivity index (χ4n) is 1.85. The van der Waals surface area contributed by atoms with Crippen LogP contribution in [0.15, 0.2) is 51.8 Å². The van der Waals surface area contributed by atoms with Gasteiger partial charge in [0.05, 0.1) is 10.5 Å². The molecule has 20 heavy (non-hydrogen) atoms. The lowest BCUT2D eigenvalue weighted by molar-refractivity contribution is 0.474. The van der Waals surface area contributed by atoms with E-state index in [2.05, 4.69) is 4.98 Å². The highest BCUT2D eigenvalue weighted by atomic mass is 32.2. The third-order valence-electron chi connectivity index (χ3n) is 2.82. The number of oxazole rings is 1. The van der Waals surface area contributed by atoms with E-state index in [1.54, 1.807) is 18.2 Å². The van der Waals surface area contributed by atoms with Crippen molar-refractivity contribution in [2.75, 3.05) is 0 Å². The average molecular weight is 290 g/mol. The van der Waals surface area contributed by atoms with Crippen molar-refractivity contribution in [2.24, 2.45) is 5.14 Å². The first-order valence-electron chi connectivity index (χ1n) is 5.67. The molecule has 0 radical (unpaired) electrons. The molecule has 0 aliphatic heterocycles. The smallest absolute Gasteiger partial charge is 0.238 e. The van der Waals surface area contributed by atoms with Crippen LogP contribution in [0.5, 0.6) is 5.75 Å². The Labute approximate surface area is 114 Å². The van der Waals surface area contributed by atoms with Crippen molar-refractivity contribution in [2.45, 2.75) is 4.90 Å². The third kappa shape index (κ3) is 2.13. The molecule has 2 aromatic carbocycles. The number of rotatable bonds is 2. The van der Waals surface area contributed by atoms with E-state index in [0.717, 1.165) is 0 Å². The minimum absolute atomic E-state index is 0.0331. The molecule has 3 rings (SSSR count). The van der Waals surface area contributed by atoms with Gasteiger partial charge in [-0.1, -0.05) is 12.1 Å². The SMILES string of the molecule is NS(=O)(=O)c1ccc2oc(-c3ccccc3O)nc2c1. The summed E-state index contributed by atoms with van der Waals surface area (Å²) >= 11 is 0. The summed E-state index contributed by atoms with van der Waals surface area (Å²) in [6.45, 7) is 0. The summed E-state index contributed by atoms with van der Waals surface area (Å²) in [6.07, 6.45) is 0. The lowest BCUT2D eigenvalue weighted by Gasteiger charge is -1.97. The summed E-state index contributed by atoms with van der Waals surface area (Å²) in [5.41, 5.74) is 1.20. The van der Waals surface area contributed by atoms with Gasteiger partial charge in [0.15, 0.2) is 5.58 Å². The summed E-state index contributed by atoms with van der Waals surface area (Å²) in [4.78, 5) is 4.13. The Kier molecular flexibility index (Phi) is 2.73. The molecule has 0 fully saturated rings. The molecule has 0 saturated carbocycles. The van der Waals surface area contributed by atoms with Crippen LogP contribution in [0.25, 0.3) is 22.6 Å². The molecule has 1 aromatic heterocycles. The van der Waals surface area contributed by atoms with Gasteiger partial charge in [0.25, 0.3) is 0 Å². The zero-order valence-electron chi connectivity index (χ0n) is 10.1. The van der Waals surface area contributed by atoms with Crippen LogP contribution < -0.4 is 5.14 Å². The maximum Gasteiger partial charge on any atom is 0.238 e. The maximum absolute atomic E-state index is 11.3. The van der Waals surface area contributed by atoms with E-state index in [0.29, 0.717) is 16.7 Å². The predicted molar refractivity (Wildman–Crippen MR) is 72.5 cm³/mol. The molecule has 6 nitrogen and oxygen atoms in total. The van der Waals surface area contributed by atoms with E-state index in [1.807, 2.05) is 0 Å². The number of aromatic hydroxyl groups is 1. The predicted octanol–water partition coefficient (Wildman–Crippen LogP) is 1.85. The van der Waals surface area contributed by atoms with E-state index in [1.165, 1.54) is 24.3 Å². The first-order chi connectivity index (χ1) is 9.45. The quantitative estimate of drug-likeness (QED) is 0.749. The number of aromatic nitrogens is 1. The van der Waals surface area contributed by atoms with Gasteiger partial charge in [0.2, 0.25) is 15.9 Å². The molecule has 0 amide bonds. The van der Waals surface area contributed by atoms with E-state index < -0.39 is 10.0 Å². The number of fused-ring (bicyclic) bond motifs is 1. The van der Waals surface area contributed by atoms with Crippen LogP contribution in [0.1, 0.15) is 0 Å². The summed E-state index contributed by atoms with van der Waals surface area (Å²) < 4.78 is 28.1. The molecule has 102 valence electrons. The summed E-state index contributed by atoms with van der Waals surface area (Å²) in [7, 11) is -3.79. The number of nitrogens with zero attached hydrogens (tertiary/aromatic N) is 1. The fraction of sp³-hybridized carbons (Fsp3) is 0. The van der Waals surface area contributed by atoms with Gasteiger partial charge in [-0.25, -0.2) is 18.5 Å². The van der Waals surface area contributed by atoms with Crippen molar-refractivity contribution in [3.8, 4) is 17.2 Å². The van der Waals surface area contributed by atoms with Crippen molar-refractivity contribution in [3.63, 3.8) is 0 Å². The number of benzene rings is 2. The Morgan fingerprint density at radius 3 is 2.60 bits per heavy atom. The fourth-order valence-corrected chi connectivity index (χ4v) is 2.39.